The van der Waals surface area contributed by atoms with Crippen molar-refractivity contribution in [1.82, 2.24) is 4.90 Å². The maximum Gasteiger partial charge on any atom is 0.266 e. The van der Waals surface area contributed by atoms with Crippen LogP contribution in [0.2, 0.25) is 0 Å². The van der Waals surface area contributed by atoms with Gasteiger partial charge in [-0.3, -0.25) is 14.5 Å². The molecule has 4 unspecified atom stereocenters. The van der Waals surface area contributed by atoms with Crippen LogP contribution in [0.5, 0.6) is 0 Å². The van der Waals surface area contributed by atoms with Crippen LogP contribution in [0.1, 0.15) is 62.3 Å². The van der Waals surface area contributed by atoms with Gasteiger partial charge in [0.15, 0.2) is 6.29 Å². The van der Waals surface area contributed by atoms with E-state index in [-0.39, 0.29) is 36.5 Å². The average molecular weight is 563 g/mol. The van der Waals surface area contributed by atoms with Crippen LogP contribution in [-0.2, 0) is 22.6 Å². The molecule has 0 spiro atoms. The second kappa shape index (κ2) is 12.0. The van der Waals surface area contributed by atoms with E-state index in [9.17, 15) is 14.7 Å². The second-order valence-electron chi connectivity index (χ2n) is 11.1. The van der Waals surface area contributed by atoms with E-state index >= 15 is 0 Å². The molecule has 0 saturated carbocycles. The van der Waals surface area contributed by atoms with E-state index in [4.69, 9.17) is 9.47 Å². The SMILES string of the molecule is CC1C(CN(C)Cc2ccccc2)OC(c2cccc(N3C(=O)c4ccccc4C3=O)c2)OC1c1ccc(CO)cc1. The number of amides is 2. The van der Waals surface area contributed by atoms with Gasteiger partial charge in [-0.2, -0.15) is 0 Å². The van der Waals surface area contributed by atoms with E-state index in [2.05, 4.69) is 31.0 Å². The summed E-state index contributed by atoms with van der Waals surface area (Å²) in [6.45, 7) is 3.57. The van der Waals surface area contributed by atoms with Crippen molar-refractivity contribution in [3.05, 3.63) is 137 Å². The molecule has 1 N–H and O–H groups in total. The molecule has 2 aliphatic rings. The lowest BCUT2D eigenvalue weighted by Crippen LogP contribution is -2.43. The molecule has 2 aliphatic heterocycles. The quantitative estimate of drug-likeness (QED) is 0.269. The fraction of sp³-hybridized carbons (Fsp3) is 0.257. The smallest absolute Gasteiger partial charge is 0.266 e. The van der Waals surface area contributed by atoms with Gasteiger partial charge in [0.2, 0.25) is 0 Å². The van der Waals surface area contributed by atoms with Crippen molar-refractivity contribution in [1.29, 1.82) is 0 Å². The van der Waals surface area contributed by atoms with Crippen molar-refractivity contribution < 1.29 is 24.2 Å². The summed E-state index contributed by atoms with van der Waals surface area (Å²) in [6.07, 6.45) is -1.15. The van der Waals surface area contributed by atoms with Crippen LogP contribution in [0.3, 0.4) is 0 Å². The van der Waals surface area contributed by atoms with Gasteiger partial charge in [-0.25, -0.2) is 4.90 Å². The molecule has 0 aromatic heterocycles. The van der Waals surface area contributed by atoms with Crippen molar-refractivity contribution in [3.8, 4) is 0 Å². The van der Waals surface area contributed by atoms with E-state index in [0.29, 0.717) is 23.4 Å². The Hall–Kier alpha value is -4.14. The molecule has 42 heavy (non-hydrogen) atoms. The van der Waals surface area contributed by atoms with Crippen molar-refractivity contribution in [3.63, 3.8) is 0 Å². The van der Waals surface area contributed by atoms with Gasteiger partial charge < -0.3 is 14.6 Å². The molecular weight excluding hydrogens is 528 g/mol. The minimum Gasteiger partial charge on any atom is -0.392 e. The molecule has 4 aromatic rings. The van der Waals surface area contributed by atoms with Crippen LogP contribution < -0.4 is 4.90 Å². The van der Waals surface area contributed by atoms with Gasteiger partial charge in [-0.1, -0.05) is 85.8 Å². The molecule has 7 nitrogen and oxygen atoms in total. The number of imide groups is 1. The van der Waals surface area contributed by atoms with Gasteiger partial charge in [0, 0.05) is 24.6 Å². The van der Waals surface area contributed by atoms with E-state index in [0.717, 1.165) is 23.2 Å². The third-order valence-corrected chi connectivity index (χ3v) is 8.10. The third-order valence-electron chi connectivity index (χ3n) is 8.10. The first kappa shape index (κ1) is 28.0. The van der Waals surface area contributed by atoms with Gasteiger partial charge in [0.05, 0.1) is 35.6 Å². The van der Waals surface area contributed by atoms with Gasteiger partial charge in [-0.15, -0.1) is 0 Å². The van der Waals surface area contributed by atoms with Crippen molar-refractivity contribution in [2.45, 2.75) is 38.6 Å². The molecule has 0 aliphatic carbocycles. The Bertz CT molecular complexity index is 1540. The predicted molar refractivity (Wildman–Crippen MR) is 160 cm³/mol. The minimum absolute atomic E-state index is 0.0232. The standard InChI is InChI=1S/C35H34N2O5/c1-23-31(21-36(2)20-24-9-4-3-5-10-24)41-35(42-32(23)26-17-15-25(22-38)16-18-26)27-11-8-12-28(19-27)37-33(39)29-13-6-7-14-30(29)34(37)40/h3-19,23,31-32,35,38H,20-22H2,1-2H3. The first-order chi connectivity index (χ1) is 20.4. The van der Waals surface area contributed by atoms with Crippen LogP contribution in [-0.4, -0.2) is 41.5 Å². The summed E-state index contributed by atoms with van der Waals surface area (Å²) in [5, 5.41) is 9.55. The van der Waals surface area contributed by atoms with Gasteiger partial charge in [-0.05, 0) is 48.0 Å². The summed E-state index contributed by atoms with van der Waals surface area (Å²) in [4.78, 5) is 29.8. The zero-order valence-corrected chi connectivity index (χ0v) is 23.7. The fourth-order valence-corrected chi connectivity index (χ4v) is 5.83. The summed E-state index contributed by atoms with van der Waals surface area (Å²) >= 11 is 0. The number of rotatable bonds is 8. The van der Waals surface area contributed by atoms with Crippen molar-refractivity contribution in [2.24, 2.45) is 5.92 Å². The summed E-state index contributed by atoms with van der Waals surface area (Å²) in [7, 11) is 2.08. The number of fused-ring (bicyclic) bond motifs is 1. The molecule has 0 radical (unpaired) electrons. The Balaban J connectivity index is 1.29. The van der Waals surface area contributed by atoms with Gasteiger partial charge in [0.25, 0.3) is 11.8 Å². The lowest BCUT2D eigenvalue weighted by Gasteiger charge is -2.42. The number of benzene rings is 4. The predicted octanol–water partition coefficient (Wildman–Crippen LogP) is 5.90. The molecule has 7 heteroatoms. The number of hydrogen-bond acceptors (Lipinski definition) is 6. The lowest BCUT2D eigenvalue weighted by atomic mass is 9.90. The molecule has 4 atom stereocenters. The van der Waals surface area contributed by atoms with Gasteiger partial charge in [0.1, 0.15) is 0 Å². The number of carbonyl (C=O) groups is 2. The highest BCUT2D eigenvalue weighted by Crippen LogP contribution is 2.42. The Morgan fingerprint density at radius 1 is 0.762 bits per heavy atom. The Morgan fingerprint density at radius 2 is 1.43 bits per heavy atom. The second-order valence-corrected chi connectivity index (χ2v) is 11.1. The normalized spacial score (nSPS) is 22.0. The molecule has 4 aromatic carbocycles. The Kier molecular flexibility index (Phi) is 8.00. The maximum absolute atomic E-state index is 13.2. The topological polar surface area (TPSA) is 79.3 Å². The van der Waals surface area contributed by atoms with Gasteiger partial charge >= 0.3 is 0 Å². The number of anilines is 1. The third kappa shape index (κ3) is 5.52. The van der Waals surface area contributed by atoms with Crippen LogP contribution in [0.25, 0.3) is 0 Å². The molecule has 2 heterocycles. The first-order valence-electron chi connectivity index (χ1n) is 14.2. The Labute approximate surface area is 245 Å². The highest BCUT2D eigenvalue weighted by Gasteiger charge is 2.40. The molecule has 2 amide bonds. The van der Waals surface area contributed by atoms with Crippen molar-refractivity contribution >= 4 is 17.5 Å². The van der Waals surface area contributed by atoms with E-state index < -0.39 is 6.29 Å². The van der Waals surface area contributed by atoms with Crippen LogP contribution in [0, 0.1) is 5.92 Å². The van der Waals surface area contributed by atoms with E-state index in [1.54, 1.807) is 36.4 Å². The zero-order valence-electron chi connectivity index (χ0n) is 23.7. The van der Waals surface area contributed by atoms with Crippen LogP contribution in [0.4, 0.5) is 5.69 Å². The minimum atomic E-state index is -0.714. The molecule has 0 bridgehead atoms. The number of ether oxygens (including phenoxy) is 2. The van der Waals surface area contributed by atoms with Crippen LogP contribution >= 0.6 is 0 Å². The number of carbonyl (C=O) groups excluding carboxylic acids is 2. The number of hydrogen-bond donors (Lipinski definition) is 1. The Morgan fingerprint density at radius 3 is 2.10 bits per heavy atom. The number of aliphatic hydroxyl groups excluding tert-OH is 1. The fourth-order valence-electron chi connectivity index (χ4n) is 5.83. The average Bonchev–Trinajstić information content (AvgIpc) is 3.28. The number of likely N-dealkylation sites (N-methyl/N-ethyl adjacent to an activating group) is 1. The summed E-state index contributed by atoms with van der Waals surface area (Å²) in [5.74, 6) is -0.651. The highest BCUT2D eigenvalue weighted by atomic mass is 16.7. The van der Waals surface area contributed by atoms with Crippen LogP contribution in [0.15, 0.2) is 103 Å². The van der Waals surface area contributed by atoms with Crippen molar-refractivity contribution in [2.75, 3.05) is 18.5 Å². The monoisotopic (exact) mass is 562 g/mol. The van der Waals surface area contributed by atoms with E-state index in [1.165, 1.54) is 10.5 Å². The summed E-state index contributed by atoms with van der Waals surface area (Å²) in [6, 6.07) is 32.3. The number of nitrogens with zero attached hydrogens (tertiary/aromatic N) is 2. The maximum atomic E-state index is 13.2. The van der Waals surface area contributed by atoms with E-state index in [1.807, 2.05) is 54.6 Å². The summed E-state index contributed by atoms with van der Waals surface area (Å²) in [5.41, 5.74) is 5.07. The molecule has 1 saturated heterocycles. The highest BCUT2D eigenvalue weighted by molar-refractivity contribution is 6.34. The largest absolute Gasteiger partial charge is 0.392 e. The molecular formula is C35H34N2O5. The molecule has 214 valence electrons. The number of aliphatic hydroxyl groups is 1. The molecule has 1 fully saturated rings. The first-order valence-corrected chi connectivity index (χ1v) is 14.2. The molecule has 6 rings (SSSR count). The lowest BCUT2D eigenvalue weighted by molar-refractivity contribution is -0.276. The summed E-state index contributed by atoms with van der Waals surface area (Å²) < 4.78 is 13.2. The zero-order chi connectivity index (χ0) is 29.2.